The summed E-state index contributed by atoms with van der Waals surface area (Å²) in [7, 11) is 0. The lowest BCUT2D eigenvalue weighted by Gasteiger charge is -2.51. The molecule has 1 aliphatic carbocycles. The molecule has 0 spiro atoms. The van der Waals surface area contributed by atoms with Crippen LogP contribution < -0.4 is 5.73 Å². The van der Waals surface area contributed by atoms with Crippen LogP contribution in [0.5, 0.6) is 0 Å². The summed E-state index contributed by atoms with van der Waals surface area (Å²) in [5, 5.41) is 0. The summed E-state index contributed by atoms with van der Waals surface area (Å²) < 4.78 is 0. The van der Waals surface area contributed by atoms with Gasteiger partial charge >= 0.3 is 0 Å². The summed E-state index contributed by atoms with van der Waals surface area (Å²) in [5.41, 5.74) is 6.61. The Labute approximate surface area is 129 Å². The molecule has 4 atom stereocenters. The van der Waals surface area contributed by atoms with Crippen LogP contribution in [0.2, 0.25) is 0 Å². The monoisotopic (exact) mass is 292 g/mol. The zero-order valence-corrected chi connectivity index (χ0v) is 13.8. The molecule has 4 aliphatic rings. The number of nitrogens with two attached hydrogens (primary N) is 1. The van der Waals surface area contributed by atoms with Gasteiger partial charge in [0.05, 0.1) is 0 Å². The van der Waals surface area contributed by atoms with Gasteiger partial charge in [-0.3, -0.25) is 14.7 Å². The Morgan fingerprint density at radius 2 is 1.86 bits per heavy atom. The van der Waals surface area contributed by atoms with Gasteiger partial charge in [0, 0.05) is 55.9 Å². The summed E-state index contributed by atoms with van der Waals surface area (Å²) in [4.78, 5) is 8.31. The van der Waals surface area contributed by atoms with Gasteiger partial charge < -0.3 is 5.73 Å². The minimum Gasteiger partial charge on any atom is -0.329 e. The fraction of sp³-hybridized carbons (Fsp3) is 1.00. The third-order valence-electron chi connectivity index (χ3n) is 6.66. The van der Waals surface area contributed by atoms with Crippen molar-refractivity contribution < 1.29 is 0 Å². The van der Waals surface area contributed by atoms with Gasteiger partial charge in [-0.15, -0.1) is 0 Å². The largest absolute Gasteiger partial charge is 0.329 e. The van der Waals surface area contributed by atoms with E-state index >= 15 is 0 Å². The molecular weight excluding hydrogens is 260 g/mol. The second-order valence-corrected chi connectivity index (χ2v) is 8.18. The zero-order chi connectivity index (χ0) is 14.6. The Hall–Kier alpha value is -0.160. The second kappa shape index (κ2) is 5.19. The molecule has 4 heteroatoms. The summed E-state index contributed by atoms with van der Waals surface area (Å²) in [6.45, 7) is 10.7. The summed E-state index contributed by atoms with van der Waals surface area (Å²) >= 11 is 0. The van der Waals surface area contributed by atoms with E-state index in [9.17, 15) is 0 Å². The average Bonchev–Trinajstić information content (AvgIpc) is 3.11. The minimum absolute atomic E-state index is 0.246. The molecule has 4 fully saturated rings. The van der Waals surface area contributed by atoms with Gasteiger partial charge in [-0.1, -0.05) is 0 Å². The van der Waals surface area contributed by atoms with Crippen LogP contribution in [0.3, 0.4) is 0 Å². The van der Waals surface area contributed by atoms with Gasteiger partial charge in [0.15, 0.2) is 0 Å². The van der Waals surface area contributed by atoms with E-state index in [2.05, 4.69) is 28.5 Å². The lowest BCUT2D eigenvalue weighted by atomic mass is 9.90. The van der Waals surface area contributed by atoms with Crippen LogP contribution in [-0.4, -0.2) is 77.1 Å². The van der Waals surface area contributed by atoms with Crippen molar-refractivity contribution in [2.24, 2.45) is 5.73 Å². The molecule has 0 aromatic rings. The Kier molecular flexibility index (Phi) is 3.57. The van der Waals surface area contributed by atoms with E-state index in [1.807, 2.05) is 0 Å². The van der Waals surface area contributed by atoms with E-state index in [1.165, 1.54) is 58.3 Å². The van der Waals surface area contributed by atoms with Crippen molar-refractivity contribution in [1.82, 2.24) is 14.7 Å². The smallest absolute Gasteiger partial charge is 0.0477 e. The Morgan fingerprint density at radius 1 is 1.05 bits per heavy atom. The van der Waals surface area contributed by atoms with Crippen LogP contribution in [0, 0.1) is 0 Å². The number of hydrogen-bond acceptors (Lipinski definition) is 4. The Balaban J connectivity index is 1.54. The van der Waals surface area contributed by atoms with Gasteiger partial charge in [0.2, 0.25) is 0 Å². The highest BCUT2D eigenvalue weighted by molar-refractivity contribution is 5.09. The van der Waals surface area contributed by atoms with Crippen molar-refractivity contribution >= 4 is 0 Å². The van der Waals surface area contributed by atoms with Crippen LogP contribution in [0.4, 0.5) is 0 Å². The molecule has 3 heterocycles. The van der Waals surface area contributed by atoms with Crippen LogP contribution in [-0.2, 0) is 0 Å². The topological polar surface area (TPSA) is 35.7 Å². The van der Waals surface area contributed by atoms with Crippen molar-refractivity contribution in [3.8, 4) is 0 Å². The Morgan fingerprint density at radius 3 is 2.57 bits per heavy atom. The first kappa shape index (κ1) is 14.4. The molecular formula is C17H32N4. The second-order valence-electron chi connectivity index (χ2n) is 8.18. The zero-order valence-electron chi connectivity index (χ0n) is 13.8. The van der Waals surface area contributed by atoms with Crippen molar-refractivity contribution in [1.29, 1.82) is 0 Å². The fourth-order valence-electron chi connectivity index (χ4n) is 5.44. The normalized spacial score (nSPS) is 46.1. The fourth-order valence-corrected chi connectivity index (χ4v) is 5.44. The van der Waals surface area contributed by atoms with Gasteiger partial charge in [-0.2, -0.15) is 0 Å². The molecule has 0 aromatic heterocycles. The molecule has 120 valence electrons. The first-order chi connectivity index (χ1) is 10.1. The van der Waals surface area contributed by atoms with Crippen LogP contribution >= 0.6 is 0 Å². The predicted molar refractivity (Wildman–Crippen MR) is 86.4 cm³/mol. The molecule has 21 heavy (non-hydrogen) atoms. The van der Waals surface area contributed by atoms with Gasteiger partial charge in [-0.05, 0) is 52.5 Å². The standard InChI is InChI=1S/C17H32N4/c1-13-8-17(11-18,12-20(13)15-5-6-15)21-10-16-4-3-7-19(16)9-14(21)2/h13-16H,3-12,18H2,1-2H3. The maximum atomic E-state index is 6.36. The van der Waals surface area contributed by atoms with Crippen LogP contribution in [0.1, 0.15) is 46.0 Å². The lowest BCUT2D eigenvalue weighted by Crippen LogP contribution is -2.66. The summed E-state index contributed by atoms with van der Waals surface area (Å²) in [6.07, 6.45) is 6.89. The van der Waals surface area contributed by atoms with Crippen molar-refractivity contribution in [2.45, 2.75) is 75.7 Å². The lowest BCUT2D eigenvalue weighted by molar-refractivity contribution is -0.0167. The molecule has 3 saturated heterocycles. The van der Waals surface area contributed by atoms with Crippen LogP contribution in [0.25, 0.3) is 0 Å². The third kappa shape index (κ3) is 2.35. The molecule has 0 aromatic carbocycles. The first-order valence-corrected chi connectivity index (χ1v) is 9.09. The Bertz CT molecular complexity index is 396. The van der Waals surface area contributed by atoms with E-state index in [0.717, 1.165) is 24.7 Å². The number of fused-ring (bicyclic) bond motifs is 1. The van der Waals surface area contributed by atoms with E-state index < -0.39 is 0 Å². The molecule has 2 N–H and O–H groups in total. The third-order valence-corrected chi connectivity index (χ3v) is 6.66. The average molecular weight is 292 g/mol. The molecule has 3 aliphatic heterocycles. The number of likely N-dealkylation sites (tertiary alicyclic amines) is 1. The van der Waals surface area contributed by atoms with E-state index in [1.54, 1.807) is 0 Å². The van der Waals surface area contributed by atoms with E-state index in [-0.39, 0.29) is 5.54 Å². The molecule has 1 saturated carbocycles. The molecule has 0 radical (unpaired) electrons. The first-order valence-electron chi connectivity index (χ1n) is 9.09. The molecule has 4 unspecified atom stereocenters. The SMILES string of the molecule is CC1CC(CN)(N2CC3CCCN3CC2C)CN1C1CC1. The van der Waals surface area contributed by atoms with Gasteiger partial charge in [0.25, 0.3) is 0 Å². The maximum Gasteiger partial charge on any atom is 0.0477 e. The molecule has 0 bridgehead atoms. The minimum atomic E-state index is 0.246. The number of rotatable bonds is 3. The highest BCUT2D eigenvalue weighted by Gasteiger charge is 2.52. The van der Waals surface area contributed by atoms with Crippen molar-refractivity contribution in [2.75, 3.05) is 32.7 Å². The van der Waals surface area contributed by atoms with Crippen molar-refractivity contribution in [3.63, 3.8) is 0 Å². The van der Waals surface area contributed by atoms with Gasteiger partial charge in [0.1, 0.15) is 0 Å². The molecule has 4 rings (SSSR count). The predicted octanol–water partition coefficient (Wildman–Crippen LogP) is 1.11. The van der Waals surface area contributed by atoms with Crippen LogP contribution in [0.15, 0.2) is 0 Å². The van der Waals surface area contributed by atoms with Gasteiger partial charge in [-0.25, -0.2) is 0 Å². The number of piperazine rings is 1. The summed E-state index contributed by atoms with van der Waals surface area (Å²) in [5.74, 6) is 0. The number of nitrogens with zero attached hydrogens (tertiary/aromatic N) is 3. The number of hydrogen-bond donors (Lipinski definition) is 1. The molecule has 4 nitrogen and oxygen atoms in total. The highest BCUT2D eigenvalue weighted by Crippen LogP contribution is 2.41. The summed E-state index contributed by atoms with van der Waals surface area (Å²) in [6, 6.07) is 3.05. The molecule has 0 amide bonds. The maximum absolute atomic E-state index is 6.36. The highest BCUT2D eigenvalue weighted by atomic mass is 15.4. The van der Waals surface area contributed by atoms with E-state index in [0.29, 0.717) is 6.04 Å². The van der Waals surface area contributed by atoms with Crippen molar-refractivity contribution in [3.05, 3.63) is 0 Å². The quantitative estimate of drug-likeness (QED) is 0.845. The van der Waals surface area contributed by atoms with E-state index in [4.69, 9.17) is 5.73 Å².